The fraction of sp³-hybridized carbons (Fsp3) is 1.00. The van der Waals surface area contributed by atoms with Gasteiger partial charge in [-0.15, -0.1) is 0 Å². The van der Waals surface area contributed by atoms with Gasteiger partial charge in [0, 0.05) is 0 Å². The normalized spacial score (nSPS) is 15.8. The van der Waals surface area contributed by atoms with E-state index in [2.05, 4.69) is 84.4 Å². The van der Waals surface area contributed by atoms with Crippen LogP contribution in [0.2, 0.25) is 0 Å². The van der Waals surface area contributed by atoms with Crippen molar-refractivity contribution >= 4 is 0 Å². The van der Waals surface area contributed by atoms with Crippen molar-refractivity contribution in [2.75, 3.05) is 28.2 Å². The van der Waals surface area contributed by atoms with Gasteiger partial charge in [0.15, 0.2) is 0 Å². The molecule has 0 aliphatic heterocycles. The molecule has 0 spiro atoms. The average Bonchev–Trinajstić information content (AvgIpc) is 1.96. The van der Waals surface area contributed by atoms with Crippen molar-refractivity contribution in [3.8, 4) is 0 Å². The maximum absolute atomic E-state index is 3.87. The third-order valence-corrected chi connectivity index (χ3v) is 16.0. The zero-order valence-corrected chi connectivity index (χ0v) is 16.2. The van der Waals surface area contributed by atoms with Gasteiger partial charge in [0.25, 0.3) is 0 Å². The second-order valence-corrected chi connectivity index (χ2v) is 17.5. The van der Waals surface area contributed by atoms with Crippen LogP contribution in [0.3, 0.4) is 0 Å². The summed E-state index contributed by atoms with van der Waals surface area (Å²) in [6.07, 6.45) is 0. The second kappa shape index (κ2) is 5.66. The monoisotopic (exact) mass is 416 g/mol. The quantitative estimate of drug-likeness (QED) is 0.731. The molecule has 0 fully saturated rings. The summed E-state index contributed by atoms with van der Waals surface area (Å²) >= 11 is -2.90. The second-order valence-electron chi connectivity index (χ2n) is 6.88. The Morgan fingerprint density at radius 1 is 0.647 bits per heavy atom. The van der Waals surface area contributed by atoms with E-state index in [0.29, 0.717) is 0 Å². The van der Waals surface area contributed by atoms with E-state index in [9.17, 15) is 0 Å². The molecule has 0 aromatic heterocycles. The molecule has 17 heavy (non-hydrogen) atoms. The van der Waals surface area contributed by atoms with E-state index in [1.165, 1.54) is 0 Å². The SMILES string of the molecule is C[N](C)[W]([NH]C(C)(C)C)([NH]C(C)(C)C)[N](C)C. The molecule has 0 amide bonds. The molecular formula is C12H32N4W. The summed E-state index contributed by atoms with van der Waals surface area (Å²) in [4.78, 5) is 0. The Bertz CT molecular complexity index is 212. The van der Waals surface area contributed by atoms with Crippen LogP contribution < -0.4 is 7.75 Å². The van der Waals surface area contributed by atoms with Crippen LogP contribution in [0.5, 0.6) is 0 Å². The number of hydrogen-bond acceptors (Lipinski definition) is 4. The molecule has 0 bridgehead atoms. The number of hydrogen-bond donors (Lipinski definition) is 2. The molecule has 0 heterocycles. The Balaban J connectivity index is 5.30. The van der Waals surface area contributed by atoms with Crippen LogP contribution >= 0.6 is 0 Å². The number of rotatable bonds is 4. The Hall–Kier alpha value is 0.528. The molecule has 0 radical (unpaired) electrons. The van der Waals surface area contributed by atoms with Crippen molar-refractivity contribution < 1.29 is 17.1 Å². The van der Waals surface area contributed by atoms with Crippen LogP contribution in [0, 0.1) is 0 Å². The number of nitrogens with one attached hydrogen (secondary N) is 2. The molecule has 0 saturated carbocycles. The Labute approximate surface area is 113 Å². The van der Waals surface area contributed by atoms with Gasteiger partial charge >= 0.3 is 113 Å². The van der Waals surface area contributed by atoms with Gasteiger partial charge in [-0.2, -0.15) is 0 Å². The first-order chi connectivity index (χ1) is 7.30. The van der Waals surface area contributed by atoms with Crippen LogP contribution in [0.25, 0.3) is 0 Å². The summed E-state index contributed by atoms with van der Waals surface area (Å²) in [5.74, 6) is 0. The molecule has 2 N–H and O–H groups in total. The molecule has 0 atom stereocenters. The first-order valence-electron chi connectivity index (χ1n) is 6.06. The molecule has 0 saturated heterocycles. The molecule has 106 valence electrons. The summed E-state index contributed by atoms with van der Waals surface area (Å²) < 4.78 is 12.5. The van der Waals surface area contributed by atoms with Crippen LogP contribution in [0.1, 0.15) is 41.5 Å². The number of nitrogens with zero attached hydrogens (tertiary/aromatic N) is 2. The molecule has 5 heteroatoms. The van der Waals surface area contributed by atoms with Crippen molar-refractivity contribution in [1.82, 2.24) is 14.7 Å². The van der Waals surface area contributed by atoms with E-state index in [-0.39, 0.29) is 11.1 Å². The first kappa shape index (κ1) is 17.5. The third kappa shape index (κ3) is 5.80. The van der Waals surface area contributed by atoms with Gasteiger partial charge in [-0.05, 0) is 0 Å². The van der Waals surface area contributed by atoms with Gasteiger partial charge < -0.3 is 0 Å². The van der Waals surface area contributed by atoms with Gasteiger partial charge in [0.1, 0.15) is 0 Å². The molecule has 4 nitrogen and oxygen atoms in total. The van der Waals surface area contributed by atoms with Crippen molar-refractivity contribution in [3.05, 3.63) is 0 Å². The molecule has 0 aromatic carbocycles. The fourth-order valence-electron chi connectivity index (χ4n) is 1.57. The molecule has 0 rings (SSSR count). The summed E-state index contributed by atoms with van der Waals surface area (Å²) in [5, 5.41) is 0. The molecule has 0 aromatic rings. The minimum atomic E-state index is -2.90. The van der Waals surface area contributed by atoms with E-state index < -0.39 is 17.1 Å². The molecule has 0 unspecified atom stereocenters. The van der Waals surface area contributed by atoms with Gasteiger partial charge in [-0.3, -0.25) is 0 Å². The van der Waals surface area contributed by atoms with Crippen LogP contribution in [-0.2, 0) is 17.1 Å². The van der Waals surface area contributed by atoms with Gasteiger partial charge in [0.2, 0.25) is 0 Å². The van der Waals surface area contributed by atoms with Crippen LogP contribution in [0.4, 0.5) is 0 Å². The zero-order valence-electron chi connectivity index (χ0n) is 13.3. The first-order valence-corrected chi connectivity index (χ1v) is 11.6. The summed E-state index contributed by atoms with van der Waals surface area (Å²) in [6.45, 7) is 13.4. The Morgan fingerprint density at radius 3 is 1.00 bits per heavy atom. The van der Waals surface area contributed by atoms with Gasteiger partial charge in [-0.1, -0.05) is 0 Å². The maximum atomic E-state index is 3.87. The van der Waals surface area contributed by atoms with E-state index in [1.54, 1.807) is 0 Å². The van der Waals surface area contributed by atoms with E-state index in [0.717, 1.165) is 0 Å². The standard InChI is InChI=1S/2C4H10N.2C2H6N.W/c2*1-4(2,3)5;2*1-3-2;/h2*5H,1-3H3;2*1-2H3;/q4*-1;+4. The summed E-state index contributed by atoms with van der Waals surface area (Å²) in [7, 11) is 8.69. The Kier molecular flexibility index (Phi) is 5.84. The molecule has 0 aliphatic rings. The van der Waals surface area contributed by atoms with Gasteiger partial charge in [0.05, 0.1) is 0 Å². The van der Waals surface area contributed by atoms with Crippen LogP contribution in [0.15, 0.2) is 0 Å². The van der Waals surface area contributed by atoms with Crippen molar-refractivity contribution in [1.29, 1.82) is 0 Å². The molecule has 0 aliphatic carbocycles. The molecular weight excluding hydrogens is 384 g/mol. The van der Waals surface area contributed by atoms with Crippen LogP contribution in [-0.4, -0.2) is 46.2 Å². The predicted molar refractivity (Wildman–Crippen MR) is 73.2 cm³/mol. The van der Waals surface area contributed by atoms with E-state index >= 15 is 0 Å². The fourth-order valence-corrected chi connectivity index (χ4v) is 12.9. The summed E-state index contributed by atoms with van der Waals surface area (Å²) in [5.41, 5.74) is 0.226. The Morgan fingerprint density at radius 2 is 0.882 bits per heavy atom. The topological polar surface area (TPSA) is 30.5 Å². The average molecular weight is 416 g/mol. The van der Waals surface area contributed by atoms with E-state index in [1.807, 2.05) is 0 Å². The predicted octanol–water partition coefficient (Wildman–Crippen LogP) is 1.70. The van der Waals surface area contributed by atoms with Crippen molar-refractivity contribution in [2.45, 2.75) is 52.6 Å². The third-order valence-electron chi connectivity index (χ3n) is 1.95. The minimum absolute atomic E-state index is 0.113. The van der Waals surface area contributed by atoms with Gasteiger partial charge in [-0.25, -0.2) is 0 Å². The zero-order chi connectivity index (χ0) is 14.1. The van der Waals surface area contributed by atoms with Crippen molar-refractivity contribution in [2.24, 2.45) is 0 Å². The summed E-state index contributed by atoms with van der Waals surface area (Å²) in [6, 6.07) is 0. The van der Waals surface area contributed by atoms with Crippen molar-refractivity contribution in [3.63, 3.8) is 0 Å². The van der Waals surface area contributed by atoms with E-state index in [4.69, 9.17) is 0 Å².